The molecule has 0 saturated carbocycles. The predicted molar refractivity (Wildman–Crippen MR) is 121 cm³/mol. The standard InChI is InChI=1S/C25H15F4N2OS/c26-23-15(4-1-6-18(23)25(27,28)29)13-31-19-7-2-5-17(24(30)32)22(19)16-10-9-14(12-20(16)31)21-8-3-11-33-21/h1-9,11-12H,13H2,(H2,30,32). The average Bonchev–Trinajstić information content (AvgIpc) is 3.41. The molecule has 0 aliphatic carbocycles. The first-order valence-electron chi connectivity index (χ1n) is 9.90. The Kier molecular flexibility index (Phi) is 4.97. The molecule has 0 fully saturated rings. The Labute approximate surface area is 189 Å². The van der Waals surface area contributed by atoms with Crippen molar-refractivity contribution >= 4 is 39.0 Å². The molecule has 2 N–H and O–H groups in total. The number of aromatic nitrogens is 1. The van der Waals surface area contributed by atoms with Crippen molar-refractivity contribution in [1.29, 1.82) is 0 Å². The van der Waals surface area contributed by atoms with Gasteiger partial charge in [0, 0.05) is 26.8 Å². The van der Waals surface area contributed by atoms with Gasteiger partial charge in [-0.15, -0.1) is 11.3 Å². The summed E-state index contributed by atoms with van der Waals surface area (Å²) in [5.74, 6) is -1.95. The van der Waals surface area contributed by atoms with Crippen LogP contribution in [0.3, 0.4) is 0 Å². The van der Waals surface area contributed by atoms with Crippen molar-refractivity contribution in [2.75, 3.05) is 0 Å². The number of nitrogens with zero attached hydrogens (tertiary/aromatic N) is 1. The van der Waals surface area contributed by atoms with Crippen molar-refractivity contribution in [3.05, 3.63) is 94.6 Å². The van der Waals surface area contributed by atoms with E-state index in [1.165, 1.54) is 23.5 Å². The molecular formula is C25H15F4N2OS. The van der Waals surface area contributed by atoms with Gasteiger partial charge in [0.15, 0.2) is 0 Å². The van der Waals surface area contributed by atoms with Crippen LogP contribution in [-0.2, 0) is 12.7 Å². The summed E-state index contributed by atoms with van der Waals surface area (Å²) in [6.45, 7) is -0.167. The van der Waals surface area contributed by atoms with Crippen LogP contribution in [0.4, 0.5) is 17.6 Å². The number of halogens is 4. The van der Waals surface area contributed by atoms with Crippen molar-refractivity contribution < 1.29 is 22.4 Å². The zero-order valence-corrected chi connectivity index (χ0v) is 17.7. The van der Waals surface area contributed by atoms with Crippen LogP contribution in [0.2, 0.25) is 0 Å². The van der Waals surface area contributed by atoms with Gasteiger partial charge in [0.1, 0.15) is 5.82 Å². The minimum Gasteiger partial charge on any atom is -0.366 e. The predicted octanol–water partition coefficient (Wildman–Crippen LogP) is 6.63. The lowest BCUT2D eigenvalue weighted by molar-refractivity contribution is -0.140. The molecule has 3 aromatic carbocycles. The van der Waals surface area contributed by atoms with E-state index >= 15 is 0 Å². The number of thiophene rings is 1. The fraction of sp³-hybridized carbons (Fsp3) is 0.0800. The minimum absolute atomic E-state index is 0.116. The van der Waals surface area contributed by atoms with Crippen LogP contribution in [-0.4, -0.2) is 10.5 Å². The molecule has 165 valence electrons. The third-order valence-electron chi connectivity index (χ3n) is 5.58. The fourth-order valence-corrected chi connectivity index (χ4v) is 4.82. The van der Waals surface area contributed by atoms with E-state index in [1.54, 1.807) is 28.8 Å². The van der Waals surface area contributed by atoms with Crippen molar-refractivity contribution in [2.45, 2.75) is 12.7 Å². The summed E-state index contributed by atoms with van der Waals surface area (Å²) < 4.78 is 56.3. The number of carbonyl (C=O) groups excluding carboxylic acids is 1. The minimum atomic E-state index is -4.81. The summed E-state index contributed by atoms with van der Waals surface area (Å²) in [6.07, 6.45) is -4.81. The number of carbonyl (C=O) groups is 1. The Balaban J connectivity index is 1.79. The number of hydrogen-bond donors (Lipinski definition) is 1. The van der Waals surface area contributed by atoms with E-state index in [9.17, 15) is 22.4 Å². The summed E-state index contributed by atoms with van der Waals surface area (Å²) in [6, 6.07) is 18.9. The molecule has 3 nitrogen and oxygen atoms in total. The normalized spacial score (nSPS) is 12.0. The second-order valence-electron chi connectivity index (χ2n) is 7.55. The number of benzene rings is 3. The van der Waals surface area contributed by atoms with E-state index in [4.69, 9.17) is 5.73 Å². The summed E-state index contributed by atoms with van der Waals surface area (Å²) in [5, 5.41) is 3.05. The maximum Gasteiger partial charge on any atom is 0.419 e. The van der Waals surface area contributed by atoms with Gasteiger partial charge in [-0.3, -0.25) is 4.79 Å². The maximum atomic E-state index is 14.9. The van der Waals surface area contributed by atoms with E-state index in [0.717, 1.165) is 16.5 Å². The molecule has 2 aromatic heterocycles. The topological polar surface area (TPSA) is 48.0 Å². The number of amides is 1. The Hall–Kier alpha value is -3.65. The van der Waals surface area contributed by atoms with E-state index in [2.05, 4.69) is 6.07 Å². The molecule has 0 atom stereocenters. The molecule has 2 heterocycles. The van der Waals surface area contributed by atoms with Crippen LogP contribution >= 0.6 is 11.3 Å². The zero-order valence-electron chi connectivity index (χ0n) is 16.9. The third kappa shape index (κ3) is 3.56. The van der Waals surface area contributed by atoms with Gasteiger partial charge >= 0.3 is 6.18 Å². The van der Waals surface area contributed by atoms with E-state index in [1.807, 2.05) is 23.6 Å². The number of alkyl halides is 3. The highest BCUT2D eigenvalue weighted by atomic mass is 32.1. The lowest BCUT2D eigenvalue weighted by atomic mass is 10.0. The molecule has 5 aromatic rings. The maximum absolute atomic E-state index is 14.9. The molecule has 0 aliphatic heterocycles. The van der Waals surface area contributed by atoms with Crippen molar-refractivity contribution in [2.24, 2.45) is 5.73 Å². The van der Waals surface area contributed by atoms with Gasteiger partial charge in [-0.05, 0) is 53.4 Å². The molecule has 33 heavy (non-hydrogen) atoms. The molecule has 0 spiro atoms. The smallest absolute Gasteiger partial charge is 0.366 e. The second-order valence-corrected chi connectivity index (χ2v) is 8.50. The number of nitrogens with two attached hydrogens (primary N) is 1. The van der Waals surface area contributed by atoms with Crippen LogP contribution in [0.25, 0.3) is 32.2 Å². The Bertz CT molecular complexity index is 1520. The first kappa shape index (κ1) is 21.2. The molecule has 1 amide bonds. The summed E-state index contributed by atoms with van der Waals surface area (Å²) in [4.78, 5) is 13.1. The van der Waals surface area contributed by atoms with Gasteiger partial charge in [-0.2, -0.15) is 13.2 Å². The van der Waals surface area contributed by atoms with Crippen LogP contribution in [0.5, 0.6) is 0 Å². The molecule has 0 aliphatic rings. The Morgan fingerprint density at radius 3 is 2.55 bits per heavy atom. The van der Waals surface area contributed by atoms with Crippen molar-refractivity contribution in [1.82, 2.24) is 4.57 Å². The first-order valence-corrected chi connectivity index (χ1v) is 10.8. The third-order valence-corrected chi connectivity index (χ3v) is 6.50. The average molecular weight is 467 g/mol. The van der Waals surface area contributed by atoms with Gasteiger partial charge in [0.25, 0.3) is 0 Å². The molecular weight excluding hydrogens is 452 g/mol. The van der Waals surface area contributed by atoms with E-state index in [0.29, 0.717) is 21.8 Å². The van der Waals surface area contributed by atoms with Crippen LogP contribution in [0.1, 0.15) is 21.5 Å². The largest absolute Gasteiger partial charge is 0.419 e. The molecule has 0 saturated heterocycles. The van der Waals surface area contributed by atoms with Gasteiger partial charge < -0.3 is 10.3 Å². The first-order chi connectivity index (χ1) is 15.8. The molecule has 0 unspecified atom stereocenters. The highest BCUT2D eigenvalue weighted by Gasteiger charge is 2.35. The number of fused-ring (bicyclic) bond motifs is 3. The molecule has 0 bridgehead atoms. The van der Waals surface area contributed by atoms with E-state index < -0.39 is 23.5 Å². The number of rotatable bonds is 4. The Morgan fingerprint density at radius 2 is 1.85 bits per heavy atom. The van der Waals surface area contributed by atoms with Gasteiger partial charge in [-0.25, -0.2) is 4.39 Å². The summed E-state index contributed by atoms with van der Waals surface area (Å²) >= 11 is 1.53. The lowest BCUT2D eigenvalue weighted by Crippen LogP contribution is -2.12. The molecule has 8 heteroatoms. The summed E-state index contributed by atoms with van der Waals surface area (Å²) in [7, 11) is 0. The monoisotopic (exact) mass is 467 g/mol. The highest BCUT2D eigenvalue weighted by molar-refractivity contribution is 7.13. The second kappa shape index (κ2) is 7.74. The summed E-state index contributed by atoms with van der Waals surface area (Å²) in [5.41, 5.74) is 6.44. The lowest BCUT2D eigenvalue weighted by Gasteiger charge is -2.13. The Morgan fingerprint density at radius 1 is 1.06 bits per heavy atom. The fourth-order valence-electron chi connectivity index (χ4n) is 4.11. The van der Waals surface area contributed by atoms with Crippen LogP contribution < -0.4 is 5.73 Å². The van der Waals surface area contributed by atoms with Gasteiger partial charge in [-0.1, -0.05) is 24.3 Å². The van der Waals surface area contributed by atoms with Crippen molar-refractivity contribution in [3.63, 3.8) is 0 Å². The SMILES string of the molecule is NC(=O)c1cccc2c1c1[c]cc(-c3cccs3)cc1n2Cc1cccc(C(F)(F)F)c1F. The molecule has 1 radical (unpaired) electrons. The van der Waals surface area contributed by atoms with Crippen LogP contribution in [0, 0.1) is 11.9 Å². The highest BCUT2D eigenvalue weighted by Crippen LogP contribution is 2.37. The van der Waals surface area contributed by atoms with Crippen LogP contribution in [0.15, 0.2) is 66.0 Å². The number of hydrogen-bond acceptors (Lipinski definition) is 2. The quantitative estimate of drug-likeness (QED) is 0.297. The molecule has 5 rings (SSSR count). The van der Waals surface area contributed by atoms with Gasteiger partial charge in [0.05, 0.1) is 23.1 Å². The van der Waals surface area contributed by atoms with Crippen molar-refractivity contribution in [3.8, 4) is 10.4 Å². The van der Waals surface area contributed by atoms with Gasteiger partial charge in [0.2, 0.25) is 5.91 Å². The van der Waals surface area contributed by atoms with E-state index in [-0.39, 0.29) is 17.7 Å². The number of primary amides is 1. The zero-order chi connectivity index (χ0) is 23.3.